The van der Waals surface area contributed by atoms with E-state index in [9.17, 15) is 9.90 Å². The molecule has 0 spiro atoms. The van der Waals surface area contributed by atoms with Crippen LogP contribution in [0.1, 0.15) is 39.0 Å². The van der Waals surface area contributed by atoms with Crippen molar-refractivity contribution in [3.8, 4) is 0 Å². The van der Waals surface area contributed by atoms with Crippen molar-refractivity contribution in [2.24, 2.45) is 5.92 Å². The van der Waals surface area contributed by atoms with Crippen LogP contribution in [0, 0.1) is 5.92 Å². The molecule has 0 aromatic carbocycles. The smallest absolute Gasteiger partial charge is 0.321 e. The average Bonchev–Trinajstić information content (AvgIpc) is 2.83. The number of amides is 2. The summed E-state index contributed by atoms with van der Waals surface area (Å²) >= 11 is 1.46. The molecule has 19 heavy (non-hydrogen) atoms. The molecule has 0 aliphatic carbocycles. The Kier molecular flexibility index (Phi) is 5.75. The molecule has 3 N–H and O–H groups in total. The Hall–Kier alpha value is -1.14. The standard InChI is InChI=1S/C13H23N3O2S/c1-5-9(3)13(4,18)8-15-11(17)16-12-14-7-10(6-2)19-12/h7,9,18H,5-6,8H2,1-4H3,(H2,14,15,16,17). The fourth-order valence-electron chi connectivity index (χ4n) is 1.54. The lowest BCUT2D eigenvalue weighted by atomic mass is 9.89. The van der Waals surface area contributed by atoms with Gasteiger partial charge in [0.2, 0.25) is 0 Å². The van der Waals surface area contributed by atoms with E-state index in [0.717, 1.165) is 17.7 Å². The van der Waals surface area contributed by atoms with Crippen LogP contribution in [-0.2, 0) is 6.42 Å². The van der Waals surface area contributed by atoms with Gasteiger partial charge < -0.3 is 10.4 Å². The molecule has 5 nitrogen and oxygen atoms in total. The molecule has 0 fully saturated rings. The van der Waals surface area contributed by atoms with Gasteiger partial charge in [-0.3, -0.25) is 5.32 Å². The van der Waals surface area contributed by atoms with E-state index >= 15 is 0 Å². The molecule has 1 aromatic rings. The lowest BCUT2D eigenvalue weighted by Gasteiger charge is -2.29. The fourth-order valence-corrected chi connectivity index (χ4v) is 2.29. The molecule has 6 heteroatoms. The molecular formula is C13H23N3O2S. The number of hydrogen-bond acceptors (Lipinski definition) is 4. The third kappa shape index (κ3) is 4.80. The predicted octanol–water partition coefficient (Wildman–Crippen LogP) is 2.62. The molecule has 108 valence electrons. The van der Waals surface area contributed by atoms with Gasteiger partial charge in [0.25, 0.3) is 0 Å². The second-order valence-corrected chi connectivity index (χ2v) is 6.07. The molecule has 0 radical (unpaired) electrons. The summed E-state index contributed by atoms with van der Waals surface area (Å²) in [5, 5.41) is 16.1. The zero-order chi connectivity index (χ0) is 14.5. The van der Waals surface area contributed by atoms with Gasteiger partial charge in [0, 0.05) is 17.6 Å². The lowest BCUT2D eigenvalue weighted by molar-refractivity contribution is 0.00827. The minimum absolute atomic E-state index is 0.124. The maximum absolute atomic E-state index is 11.7. The number of carbonyl (C=O) groups is 1. The Morgan fingerprint density at radius 2 is 2.26 bits per heavy atom. The summed E-state index contributed by atoms with van der Waals surface area (Å²) in [6.45, 7) is 7.98. The van der Waals surface area contributed by atoms with Crippen LogP contribution < -0.4 is 10.6 Å². The van der Waals surface area contributed by atoms with Crippen molar-refractivity contribution in [1.29, 1.82) is 0 Å². The van der Waals surface area contributed by atoms with E-state index in [1.165, 1.54) is 11.3 Å². The minimum atomic E-state index is -0.899. The Morgan fingerprint density at radius 3 is 2.79 bits per heavy atom. The summed E-state index contributed by atoms with van der Waals surface area (Å²) in [6.07, 6.45) is 3.53. The van der Waals surface area contributed by atoms with Gasteiger partial charge >= 0.3 is 6.03 Å². The van der Waals surface area contributed by atoms with E-state index in [2.05, 4.69) is 15.6 Å². The van der Waals surface area contributed by atoms with Crippen molar-refractivity contribution in [3.63, 3.8) is 0 Å². The van der Waals surface area contributed by atoms with E-state index in [1.54, 1.807) is 13.1 Å². The maximum atomic E-state index is 11.7. The zero-order valence-corrected chi connectivity index (χ0v) is 12.8. The fraction of sp³-hybridized carbons (Fsp3) is 0.692. The molecule has 0 aliphatic rings. The van der Waals surface area contributed by atoms with Crippen LogP contribution in [0.5, 0.6) is 0 Å². The van der Waals surface area contributed by atoms with Gasteiger partial charge in [0.15, 0.2) is 5.13 Å². The van der Waals surface area contributed by atoms with Crippen molar-refractivity contribution >= 4 is 22.5 Å². The van der Waals surface area contributed by atoms with Crippen molar-refractivity contribution in [2.45, 2.75) is 46.1 Å². The second kappa shape index (κ2) is 6.86. The van der Waals surface area contributed by atoms with Crippen LogP contribution in [-0.4, -0.2) is 28.3 Å². The number of rotatable bonds is 6. The monoisotopic (exact) mass is 285 g/mol. The van der Waals surface area contributed by atoms with Gasteiger partial charge in [-0.2, -0.15) is 0 Å². The second-order valence-electron chi connectivity index (χ2n) is 4.96. The first-order valence-electron chi connectivity index (χ1n) is 6.61. The van der Waals surface area contributed by atoms with Crippen molar-refractivity contribution < 1.29 is 9.90 Å². The highest BCUT2D eigenvalue weighted by Crippen LogP contribution is 2.20. The molecule has 2 amide bonds. The molecule has 0 saturated heterocycles. The quantitative estimate of drug-likeness (QED) is 0.752. The van der Waals surface area contributed by atoms with Crippen molar-refractivity contribution in [3.05, 3.63) is 11.1 Å². The maximum Gasteiger partial charge on any atom is 0.321 e. The van der Waals surface area contributed by atoms with E-state index in [-0.39, 0.29) is 18.5 Å². The van der Waals surface area contributed by atoms with Gasteiger partial charge in [-0.15, -0.1) is 11.3 Å². The van der Waals surface area contributed by atoms with E-state index in [4.69, 9.17) is 0 Å². The molecule has 0 aliphatic heterocycles. The molecule has 0 bridgehead atoms. The molecule has 1 aromatic heterocycles. The Bertz CT molecular complexity index is 418. The summed E-state index contributed by atoms with van der Waals surface area (Å²) in [4.78, 5) is 16.9. The van der Waals surface area contributed by atoms with Gasteiger partial charge in [-0.25, -0.2) is 9.78 Å². The van der Waals surface area contributed by atoms with E-state index in [1.807, 2.05) is 20.8 Å². The number of carbonyl (C=O) groups excluding carboxylic acids is 1. The van der Waals surface area contributed by atoms with Crippen molar-refractivity contribution in [2.75, 3.05) is 11.9 Å². The van der Waals surface area contributed by atoms with Crippen molar-refractivity contribution in [1.82, 2.24) is 10.3 Å². The van der Waals surface area contributed by atoms with E-state index < -0.39 is 5.60 Å². The molecule has 2 unspecified atom stereocenters. The summed E-state index contributed by atoms with van der Waals surface area (Å²) < 4.78 is 0. The number of aliphatic hydroxyl groups is 1. The number of nitrogens with zero attached hydrogens (tertiary/aromatic N) is 1. The number of nitrogens with one attached hydrogen (secondary N) is 2. The lowest BCUT2D eigenvalue weighted by Crippen LogP contribution is -2.46. The zero-order valence-electron chi connectivity index (χ0n) is 12.0. The molecular weight excluding hydrogens is 262 g/mol. The van der Waals surface area contributed by atoms with Gasteiger partial charge in [0.1, 0.15) is 0 Å². The van der Waals surface area contributed by atoms with Gasteiger partial charge in [-0.1, -0.05) is 27.2 Å². The van der Waals surface area contributed by atoms with E-state index in [0.29, 0.717) is 5.13 Å². The Balaban J connectivity index is 2.43. The predicted molar refractivity (Wildman–Crippen MR) is 78.6 cm³/mol. The molecule has 2 atom stereocenters. The van der Waals surface area contributed by atoms with Gasteiger partial charge in [0.05, 0.1) is 5.60 Å². The summed E-state index contributed by atoms with van der Waals surface area (Å²) in [5.74, 6) is 0.124. The summed E-state index contributed by atoms with van der Waals surface area (Å²) in [7, 11) is 0. The summed E-state index contributed by atoms with van der Waals surface area (Å²) in [6, 6.07) is -0.333. The number of urea groups is 1. The molecule has 1 heterocycles. The molecule has 0 saturated carbocycles. The number of aromatic nitrogens is 1. The normalized spacial score (nSPS) is 15.6. The Labute approximate surface area is 118 Å². The first-order valence-corrected chi connectivity index (χ1v) is 7.42. The highest BCUT2D eigenvalue weighted by molar-refractivity contribution is 7.15. The third-order valence-corrected chi connectivity index (χ3v) is 4.46. The number of anilines is 1. The number of hydrogen-bond donors (Lipinski definition) is 3. The van der Waals surface area contributed by atoms with Crippen LogP contribution in [0.25, 0.3) is 0 Å². The highest BCUT2D eigenvalue weighted by Gasteiger charge is 2.27. The average molecular weight is 285 g/mol. The first kappa shape index (κ1) is 15.9. The van der Waals surface area contributed by atoms with Gasteiger partial charge in [-0.05, 0) is 19.3 Å². The minimum Gasteiger partial charge on any atom is -0.388 e. The van der Waals surface area contributed by atoms with Crippen LogP contribution in [0.4, 0.5) is 9.93 Å². The summed E-state index contributed by atoms with van der Waals surface area (Å²) in [5.41, 5.74) is -0.899. The van der Waals surface area contributed by atoms with Crippen LogP contribution in [0.3, 0.4) is 0 Å². The number of aryl methyl sites for hydroxylation is 1. The van der Waals surface area contributed by atoms with Crippen LogP contribution >= 0.6 is 11.3 Å². The topological polar surface area (TPSA) is 74.2 Å². The highest BCUT2D eigenvalue weighted by atomic mass is 32.1. The molecule has 1 rings (SSSR count). The van der Waals surface area contributed by atoms with Crippen LogP contribution in [0.15, 0.2) is 6.20 Å². The Morgan fingerprint density at radius 1 is 1.58 bits per heavy atom. The SMILES string of the molecule is CCc1cnc(NC(=O)NCC(C)(O)C(C)CC)s1. The first-order chi connectivity index (χ1) is 8.89. The largest absolute Gasteiger partial charge is 0.388 e. The number of thiazole rings is 1. The van der Waals surface area contributed by atoms with Crippen LogP contribution in [0.2, 0.25) is 0 Å². The third-order valence-electron chi connectivity index (χ3n) is 3.40.